The van der Waals surface area contributed by atoms with Crippen molar-refractivity contribution in [3.63, 3.8) is 0 Å². The van der Waals surface area contributed by atoms with Gasteiger partial charge in [0.25, 0.3) is 0 Å². The third-order valence-corrected chi connectivity index (χ3v) is 2.90. The molecule has 0 fully saturated rings. The van der Waals surface area contributed by atoms with Crippen LogP contribution in [0.3, 0.4) is 0 Å². The maximum Gasteiger partial charge on any atom is 0.341 e. The molecule has 0 unspecified atom stereocenters. The summed E-state index contributed by atoms with van der Waals surface area (Å²) < 4.78 is 5.63. The van der Waals surface area contributed by atoms with Crippen LogP contribution in [0.2, 0.25) is 0 Å². The molecule has 5 nitrogen and oxygen atoms in total. The number of pyridine rings is 1. The van der Waals surface area contributed by atoms with Gasteiger partial charge in [-0.15, -0.1) is 0 Å². The van der Waals surface area contributed by atoms with Crippen molar-refractivity contribution < 1.29 is 19.7 Å². The fraction of sp³-hybridized carbons (Fsp3) is 0.200. The number of aryl methyl sites for hydroxylation is 1. The molecule has 0 aliphatic carbocycles. The molecule has 2 aromatic rings. The number of carboxylic acid groups (broad SMARTS) is 1. The van der Waals surface area contributed by atoms with Gasteiger partial charge in [-0.05, 0) is 36.6 Å². The number of aliphatic hydroxyl groups excluding tert-OH is 1. The molecule has 0 amide bonds. The number of ether oxygens (including phenoxy) is 1. The predicted molar refractivity (Wildman–Crippen MR) is 73.2 cm³/mol. The van der Waals surface area contributed by atoms with Gasteiger partial charge in [0.05, 0.1) is 0 Å². The molecule has 0 saturated heterocycles. The van der Waals surface area contributed by atoms with Crippen molar-refractivity contribution in [2.75, 3.05) is 6.61 Å². The smallest absolute Gasteiger partial charge is 0.341 e. The molecular formula is C15H15NO4. The van der Waals surface area contributed by atoms with E-state index < -0.39 is 5.97 Å². The number of carbonyl (C=O) groups is 1. The molecule has 1 aromatic heterocycles. The Morgan fingerprint density at radius 3 is 2.75 bits per heavy atom. The Labute approximate surface area is 116 Å². The summed E-state index contributed by atoms with van der Waals surface area (Å²) in [6.45, 7) is 1.69. The van der Waals surface area contributed by atoms with Gasteiger partial charge in [0.15, 0.2) is 0 Å². The Bertz CT molecular complexity index is 625. The van der Waals surface area contributed by atoms with Gasteiger partial charge in [0.1, 0.15) is 11.3 Å². The van der Waals surface area contributed by atoms with Crippen LogP contribution in [0, 0.1) is 6.92 Å². The van der Waals surface area contributed by atoms with E-state index >= 15 is 0 Å². The molecule has 2 rings (SSSR count). The predicted octanol–water partition coefficient (Wildman–Crippen LogP) is 2.42. The van der Waals surface area contributed by atoms with Gasteiger partial charge < -0.3 is 14.9 Å². The molecule has 0 aliphatic rings. The number of hydrogen-bond acceptors (Lipinski definition) is 4. The van der Waals surface area contributed by atoms with Crippen molar-refractivity contribution in [1.29, 1.82) is 0 Å². The average molecular weight is 273 g/mol. The van der Waals surface area contributed by atoms with Crippen LogP contribution in [-0.2, 0) is 6.42 Å². The molecule has 0 spiro atoms. The molecule has 2 N–H and O–H groups in total. The van der Waals surface area contributed by atoms with Gasteiger partial charge in [-0.2, -0.15) is 0 Å². The molecule has 0 aliphatic heterocycles. The van der Waals surface area contributed by atoms with E-state index in [2.05, 4.69) is 4.98 Å². The highest BCUT2D eigenvalue weighted by molar-refractivity contribution is 5.91. The van der Waals surface area contributed by atoms with Crippen LogP contribution in [0.4, 0.5) is 0 Å². The zero-order valence-electron chi connectivity index (χ0n) is 11.0. The molecule has 1 aromatic carbocycles. The fourth-order valence-corrected chi connectivity index (χ4v) is 1.91. The molecule has 0 radical (unpaired) electrons. The average Bonchev–Trinajstić information content (AvgIpc) is 2.41. The van der Waals surface area contributed by atoms with E-state index in [0.717, 1.165) is 5.56 Å². The molecule has 0 saturated carbocycles. The SMILES string of the molecule is Cc1ccnc(Oc2ccccc2CCO)c1C(=O)O. The second kappa shape index (κ2) is 6.16. The van der Waals surface area contributed by atoms with E-state index in [4.69, 9.17) is 9.84 Å². The van der Waals surface area contributed by atoms with Gasteiger partial charge in [0.2, 0.25) is 5.88 Å². The fourth-order valence-electron chi connectivity index (χ4n) is 1.91. The van der Waals surface area contributed by atoms with Crippen LogP contribution in [0.25, 0.3) is 0 Å². The van der Waals surface area contributed by atoms with Crippen LogP contribution in [0.1, 0.15) is 21.5 Å². The lowest BCUT2D eigenvalue weighted by Gasteiger charge is -2.12. The lowest BCUT2D eigenvalue weighted by molar-refractivity contribution is 0.0692. The van der Waals surface area contributed by atoms with Crippen molar-refractivity contribution in [3.05, 3.63) is 53.2 Å². The maximum absolute atomic E-state index is 11.3. The van der Waals surface area contributed by atoms with E-state index in [1.165, 1.54) is 6.20 Å². The van der Waals surface area contributed by atoms with Crippen molar-refractivity contribution in [2.45, 2.75) is 13.3 Å². The number of hydrogen-bond donors (Lipinski definition) is 2. The normalized spacial score (nSPS) is 10.3. The van der Waals surface area contributed by atoms with Crippen molar-refractivity contribution in [3.8, 4) is 11.6 Å². The minimum Gasteiger partial charge on any atom is -0.477 e. The summed E-state index contributed by atoms with van der Waals surface area (Å²) in [5.41, 5.74) is 1.43. The van der Waals surface area contributed by atoms with E-state index in [1.54, 1.807) is 25.1 Å². The van der Waals surface area contributed by atoms with Gasteiger partial charge in [0, 0.05) is 12.8 Å². The first-order valence-electron chi connectivity index (χ1n) is 6.19. The van der Waals surface area contributed by atoms with Crippen LogP contribution in [0.5, 0.6) is 11.6 Å². The van der Waals surface area contributed by atoms with E-state index in [9.17, 15) is 9.90 Å². The molecular weight excluding hydrogens is 258 g/mol. The lowest BCUT2D eigenvalue weighted by Crippen LogP contribution is -2.05. The van der Waals surface area contributed by atoms with E-state index in [-0.39, 0.29) is 18.1 Å². The Morgan fingerprint density at radius 2 is 2.05 bits per heavy atom. The summed E-state index contributed by atoms with van der Waals surface area (Å²) in [7, 11) is 0. The van der Waals surface area contributed by atoms with Crippen LogP contribution in [0.15, 0.2) is 36.5 Å². The Kier molecular flexibility index (Phi) is 4.32. The van der Waals surface area contributed by atoms with Gasteiger partial charge >= 0.3 is 5.97 Å². The number of aromatic nitrogens is 1. The quantitative estimate of drug-likeness (QED) is 0.874. The lowest BCUT2D eigenvalue weighted by atomic mass is 10.1. The Balaban J connectivity index is 2.40. The Morgan fingerprint density at radius 1 is 1.30 bits per heavy atom. The number of benzene rings is 1. The highest BCUT2D eigenvalue weighted by atomic mass is 16.5. The molecule has 1 heterocycles. The summed E-state index contributed by atoms with van der Waals surface area (Å²) in [5, 5.41) is 18.3. The van der Waals surface area contributed by atoms with Gasteiger partial charge in [-0.3, -0.25) is 0 Å². The number of aromatic carboxylic acids is 1. The first-order valence-corrected chi connectivity index (χ1v) is 6.19. The second-order valence-corrected chi connectivity index (χ2v) is 4.30. The highest BCUT2D eigenvalue weighted by Gasteiger charge is 2.17. The third-order valence-electron chi connectivity index (χ3n) is 2.90. The number of aliphatic hydroxyl groups is 1. The van der Waals surface area contributed by atoms with Crippen LogP contribution in [-0.4, -0.2) is 27.8 Å². The number of para-hydroxylation sites is 1. The Hall–Kier alpha value is -2.40. The summed E-state index contributed by atoms with van der Waals surface area (Å²) >= 11 is 0. The summed E-state index contributed by atoms with van der Waals surface area (Å²) in [6, 6.07) is 8.78. The van der Waals surface area contributed by atoms with Crippen molar-refractivity contribution in [1.82, 2.24) is 4.98 Å². The van der Waals surface area contributed by atoms with Crippen LogP contribution < -0.4 is 4.74 Å². The second-order valence-electron chi connectivity index (χ2n) is 4.30. The first kappa shape index (κ1) is 14.0. The molecule has 0 bridgehead atoms. The summed E-state index contributed by atoms with van der Waals surface area (Å²) in [6.07, 6.45) is 1.94. The largest absolute Gasteiger partial charge is 0.477 e. The minimum atomic E-state index is -1.08. The standard InChI is InChI=1S/C15H15NO4/c1-10-6-8-16-14(13(10)15(18)19)20-12-5-3-2-4-11(12)7-9-17/h2-6,8,17H,7,9H2,1H3,(H,18,19). The summed E-state index contributed by atoms with van der Waals surface area (Å²) in [5.74, 6) is -0.518. The van der Waals surface area contributed by atoms with E-state index in [0.29, 0.717) is 17.7 Å². The third kappa shape index (κ3) is 2.95. The van der Waals surface area contributed by atoms with Crippen molar-refractivity contribution in [2.24, 2.45) is 0 Å². The molecule has 0 atom stereocenters. The first-order chi connectivity index (χ1) is 9.63. The summed E-state index contributed by atoms with van der Waals surface area (Å²) in [4.78, 5) is 15.3. The van der Waals surface area contributed by atoms with E-state index in [1.807, 2.05) is 12.1 Å². The molecule has 104 valence electrons. The number of rotatable bonds is 5. The van der Waals surface area contributed by atoms with Crippen molar-refractivity contribution >= 4 is 5.97 Å². The monoisotopic (exact) mass is 273 g/mol. The maximum atomic E-state index is 11.3. The zero-order valence-corrected chi connectivity index (χ0v) is 11.0. The zero-order chi connectivity index (χ0) is 14.5. The number of nitrogens with zero attached hydrogens (tertiary/aromatic N) is 1. The molecule has 5 heteroatoms. The van der Waals surface area contributed by atoms with Gasteiger partial charge in [-0.1, -0.05) is 18.2 Å². The minimum absolute atomic E-state index is 0.00654. The topological polar surface area (TPSA) is 79.7 Å². The van der Waals surface area contributed by atoms with Crippen LogP contribution >= 0.6 is 0 Å². The van der Waals surface area contributed by atoms with Gasteiger partial charge in [-0.25, -0.2) is 9.78 Å². The highest BCUT2D eigenvalue weighted by Crippen LogP contribution is 2.28. The molecule has 20 heavy (non-hydrogen) atoms. The number of carboxylic acids is 1.